The maximum atomic E-state index is 6.99. The molecule has 0 saturated heterocycles. The topological polar surface area (TPSA) is 27.7 Å². The molecule has 0 fully saturated rings. The molecule has 36 heavy (non-hydrogen) atoms. The molecule has 0 amide bonds. The van der Waals surface area contributed by atoms with Gasteiger partial charge in [-0.05, 0) is 81.0 Å². The fourth-order valence-corrected chi connectivity index (χ4v) is 9.41. The highest BCUT2D eigenvalue weighted by molar-refractivity contribution is 6.74. The van der Waals surface area contributed by atoms with Gasteiger partial charge >= 0.3 is 0 Å². The van der Waals surface area contributed by atoms with Crippen LogP contribution in [0, 0.1) is 5.92 Å². The molecule has 2 rings (SSSR count). The standard InChI is InChI=1S/C31H54O3Si2/c1-11-18-28-26(22-24-30(28)34-36(12-2,13-3)14-4)21-23-29(33-35(9,10)31(6,7)8)25(5)32-27-19-16-15-17-20-27/h11,15-17,19-20,22,25,28-30H,1,12-14,18,21,23-24H2,2-10H3/t25?,28-,29?,30+/m1/s1. The minimum Gasteiger partial charge on any atom is -0.488 e. The molecule has 2 unspecified atom stereocenters. The molecule has 0 radical (unpaired) electrons. The quantitative estimate of drug-likeness (QED) is 0.167. The van der Waals surface area contributed by atoms with Gasteiger partial charge in [0, 0.05) is 5.92 Å². The van der Waals surface area contributed by atoms with Crippen molar-refractivity contribution in [1.29, 1.82) is 0 Å². The highest BCUT2D eigenvalue weighted by atomic mass is 28.4. The van der Waals surface area contributed by atoms with Gasteiger partial charge in [0.15, 0.2) is 16.6 Å². The summed E-state index contributed by atoms with van der Waals surface area (Å²) in [5.74, 6) is 1.35. The number of allylic oxidation sites excluding steroid dienone is 1. The molecule has 0 aromatic heterocycles. The Balaban J connectivity index is 2.18. The summed E-state index contributed by atoms with van der Waals surface area (Å²) < 4.78 is 20.4. The Morgan fingerprint density at radius 2 is 1.67 bits per heavy atom. The van der Waals surface area contributed by atoms with Crippen LogP contribution in [0.4, 0.5) is 0 Å². The van der Waals surface area contributed by atoms with Crippen molar-refractivity contribution in [3.63, 3.8) is 0 Å². The van der Waals surface area contributed by atoms with Crippen molar-refractivity contribution in [2.45, 2.75) is 129 Å². The molecule has 0 saturated carbocycles. The molecule has 1 aromatic rings. The maximum Gasteiger partial charge on any atom is 0.192 e. The maximum absolute atomic E-state index is 6.99. The molecular formula is C31H54O3Si2. The van der Waals surface area contributed by atoms with Gasteiger partial charge in [-0.25, -0.2) is 0 Å². The Kier molecular flexibility index (Phi) is 11.7. The molecule has 1 aliphatic rings. The molecule has 0 spiro atoms. The van der Waals surface area contributed by atoms with Crippen LogP contribution in [0.25, 0.3) is 0 Å². The predicted molar refractivity (Wildman–Crippen MR) is 161 cm³/mol. The number of hydrogen-bond acceptors (Lipinski definition) is 3. The van der Waals surface area contributed by atoms with Gasteiger partial charge in [0.05, 0.1) is 12.2 Å². The Morgan fingerprint density at radius 1 is 1.06 bits per heavy atom. The van der Waals surface area contributed by atoms with Crippen LogP contribution in [0.5, 0.6) is 5.75 Å². The van der Waals surface area contributed by atoms with Gasteiger partial charge in [-0.15, -0.1) is 6.58 Å². The zero-order valence-corrected chi connectivity index (χ0v) is 26.7. The van der Waals surface area contributed by atoms with Gasteiger partial charge in [0.25, 0.3) is 0 Å². The summed E-state index contributed by atoms with van der Waals surface area (Å²) in [6.07, 6.45) is 8.89. The van der Waals surface area contributed by atoms with E-state index in [1.807, 2.05) is 30.3 Å². The largest absolute Gasteiger partial charge is 0.488 e. The molecule has 0 aliphatic heterocycles. The van der Waals surface area contributed by atoms with Crippen molar-refractivity contribution in [2.24, 2.45) is 5.92 Å². The minimum atomic E-state index is -1.95. The second kappa shape index (κ2) is 13.6. The first kappa shape index (κ1) is 31.1. The van der Waals surface area contributed by atoms with E-state index in [0.29, 0.717) is 12.0 Å². The van der Waals surface area contributed by atoms with E-state index in [9.17, 15) is 0 Å². The van der Waals surface area contributed by atoms with Gasteiger partial charge < -0.3 is 13.6 Å². The molecular weight excluding hydrogens is 477 g/mol. The van der Waals surface area contributed by atoms with E-state index in [2.05, 4.69) is 80.3 Å². The lowest BCUT2D eigenvalue weighted by Gasteiger charge is -2.41. The summed E-state index contributed by atoms with van der Waals surface area (Å²) in [6, 6.07) is 13.7. The summed E-state index contributed by atoms with van der Waals surface area (Å²) in [4.78, 5) is 0. The van der Waals surface area contributed by atoms with E-state index in [4.69, 9.17) is 13.6 Å². The SMILES string of the molecule is C=CC[C@@H]1C(CCC(O[Si](C)(C)C(C)(C)C)C(C)Oc2ccccc2)=CC[C@@H]1O[Si](CC)(CC)CC. The molecule has 1 aliphatic carbocycles. The molecule has 0 N–H and O–H groups in total. The average Bonchev–Trinajstić information content (AvgIpc) is 3.21. The summed E-state index contributed by atoms with van der Waals surface area (Å²) in [7, 11) is -3.60. The third kappa shape index (κ3) is 8.18. The van der Waals surface area contributed by atoms with Crippen LogP contribution in [-0.2, 0) is 8.85 Å². The van der Waals surface area contributed by atoms with Crippen molar-refractivity contribution in [2.75, 3.05) is 0 Å². The van der Waals surface area contributed by atoms with Gasteiger partial charge in [0.2, 0.25) is 0 Å². The lowest BCUT2D eigenvalue weighted by molar-refractivity contribution is 0.0492. The van der Waals surface area contributed by atoms with Gasteiger partial charge in [0.1, 0.15) is 11.9 Å². The summed E-state index contributed by atoms with van der Waals surface area (Å²) >= 11 is 0. The molecule has 4 atom stereocenters. The van der Waals surface area contributed by atoms with E-state index >= 15 is 0 Å². The van der Waals surface area contributed by atoms with E-state index in [1.54, 1.807) is 0 Å². The van der Waals surface area contributed by atoms with E-state index in [1.165, 1.54) is 23.7 Å². The average molecular weight is 531 g/mol. The fraction of sp³-hybridized carbons (Fsp3) is 0.677. The van der Waals surface area contributed by atoms with Crippen LogP contribution in [0.2, 0.25) is 36.3 Å². The molecule has 1 aromatic carbocycles. The molecule has 3 nitrogen and oxygen atoms in total. The molecule has 0 heterocycles. The smallest absolute Gasteiger partial charge is 0.192 e. The van der Waals surface area contributed by atoms with E-state index < -0.39 is 16.6 Å². The van der Waals surface area contributed by atoms with Crippen molar-refractivity contribution in [1.82, 2.24) is 0 Å². The summed E-state index contributed by atoms with van der Waals surface area (Å²) in [6.45, 7) is 24.8. The van der Waals surface area contributed by atoms with Crippen LogP contribution in [0.1, 0.15) is 74.1 Å². The predicted octanol–water partition coefficient (Wildman–Crippen LogP) is 9.54. The highest BCUT2D eigenvalue weighted by Crippen LogP contribution is 2.41. The second-order valence-electron chi connectivity index (χ2n) is 12.1. The van der Waals surface area contributed by atoms with E-state index in [0.717, 1.165) is 31.4 Å². The van der Waals surface area contributed by atoms with E-state index in [-0.39, 0.29) is 17.2 Å². The Morgan fingerprint density at radius 3 is 2.19 bits per heavy atom. The van der Waals surface area contributed by atoms with Crippen molar-refractivity contribution >= 4 is 16.6 Å². The normalized spacial score (nSPS) is 20.6. The van der Waals surface area contributed by atoms with Crippen molar-refractivity contribution < 1.29 is 13.6 Å². The summed E-state index contributed by atoms with van der Waals surface area (Å²) in [5, 5.41) is 0.156. The van der Waals surface area contributed by atoms with Crippen LogP contribution >= 0.6 is 0 Å². The summed E-state index contributed by atoms with van der Waals surface area (Å²) in [5.41, 5.74) is 1.53. The highest BCUT2D eigenvalue weighted by Gasteiger charge is 2.41. The molecule has 5 heteroatoms. The number of rotatable bonds is 15. The number of para-hydroxylation sites is 1. The third-order valence-electron chi connectivity index (χ3n) is 8.85. The van der Waals surface area contributed by atoms with Gasteiger partial charge in [-0.1, -0.05) is 77.5 Å². The Labute approximate surface area is 225 Å². The fourth-order valence-electron chi connectivity index (χ4n) is 5.09. The Hall–Kier alpha value is -1.15. The van der Waals surface area contributed by atoms with Crippen molar-refractivity contribution in [3.05, 3.63) is 54.6 Å². The van der Waals surface area contributed by atoms with Crippen LogP contribution < -0.4 is 4.74 Å². The zero-order chi connectivity index (χ0) is 27.0. The Bertz CT molecular complexity index is 816. The lowest BCUT2D eigenvalue weighted by Crippen LogP contribution is -2.47. The number of hydrogen-bond donors (Lipinski definition) is 0. The van der Waals surface area contributed by atoms with Crippen LogP contribution in [0.15, 0.2) is 54.6 Å². The monoisotopic (exact) mass is 530 g/mol. The van der Waals surface area contributed by atoms with Gasteiger partial charge in [-0.3, -0.25) is 0 Å². The van der Waals surface area contributed by atoms with Crippen molar-refractivity contribution in [3.8, 4) is 5.75 Å². The third-order valence-corrected chi connectivity index (χ3v) is 18.0. The first-order valence-electron chi connectivity index (χ1n) is 14.3. The number of benzene rings is 1. The van der Waals surface area contributed by atoms with Crippen LogP contribution in [-0.4, -0.2) is 34.9 Å². The first-order valence-corrected chi connectivity index (χ1v) is 19.7. The van der Waals surface area contributed by atoms with Gasteiger partial charge in [-0.2, -0.15) is 0 Å². The zero-order valence-electron chi connectivity index (χ0n) is 24.7. The second-order valence-corrected chi connectivity index (χ2v) is 21.6. The van der Waals surface area contributed by atoms with Crippen LogP contribution in [0.3, 0.4) is 0 Å². The molecule has 0 bridgehead atoms. The minimum absolute atomic E-state index is 0.0197. The first-order chi connectivity index (χ1) is 16.9. The number of ether oxygens (including phenoxy) is 1. The molecule has 204 valence electrons. The lowest BCUT2D eigenvalue weighted by atomic mass is 9.91.